The summed E-state index contributed by atoms with van der Waals surface area (Å²) in [6.07, 6.45) is 0. The number of sulfone groups is 1. The molecule has 118 valence electrons. The number of benzene rings is 1. The maximum Gasteiger partial charge on any atom is 0.250 e. The summed E-state index contributed by atoms with van der Waals surface area (Å²) in [4.78, 5) is 18.1. The lowest BCUT2D eigenvalue weighted by Crippen LogP contribution is -2.37. The number of anilines is 1. The lowest BCUT2D eigenvalue weighted by atomic mass is 10.2. The molecule has 0 aromatic heterocycles. The summed E-state index contributed by atoms with van der Waals surface area (Å²) in [7, 11) is -3.02. The average molecular weight is 338 g/mol. The van der Waals surface area contributed by atoms with E-state index in [2.05, 4.69) is 4.99 Å². The number of thioether (sulfide) groups is 1. The fourth-order valence-electron chi connectivity index (χ4n) is 2.68. The number of para-hydroxylation sites is 1. The molecule has 0 spiro atoms. The van der Waals surface area contributed by atoms with Gasteiger partial charge in [0.05, 0.1) is 17.5 Å². The lowest BCUT2D eigenvalue weighted by Gasteiger charge is -2.24. The summed E-state index contributed by atoms with van der Waals surface area (Å²) in [5.41, 5.74) is 0.884. The highest BCUT2D eigenvalue weighted by Crippen LogP contribution is 2.40. The highest BCUT2D eigenvalue weighted by atomic mass is 32.2. The summed E-state index contributed by atoms with van der Waals surface area (Å²) in [5, 5.41) is 0.568. The van der Waals surface area contributed by atoms with Crippen LogP contribution in [0.5, 0.6) is 0 Å². The van der Waals surface area contributed by atoms with Gasteiger partial charge in [-0.15, -0.1) is 0 Å². The Bertz CT molecular complexity index is 714. The van der Waals surface area contributed by atoms with Gasteiger partial charge in [-0.25, -0.2) is 8.42 Å². The van der Waals surface area contributed by atoms with Crippen LogP contribution in [0, 0.1) is 5.92 Å². The van der Waals surface area contributed by atoms with E-state index in [9.17, 15) is 13.2 Å². The molecule has 1 aromatic carbocycles. The lowest BCUT2D eigenvalue weighted by molar-refractivity contribution is -0.120. The van der Waals surface area contributed by atoms with Crippen molar-refractivity contribution in [1.82, 2.24) is 0 Å². The number of nitrogens with zero attached hydrogens (tertiary/aromatic N) is 2. The van der Waals surface area contributed by atoms with Gasteiger partial charge in [-0.05, 0) is 12.1 Å². The first-order valence-corrected chi connectivity index (χ1v) is 9.91. The quantitative estimate of drug-likeness (QED) is 0.824. The van der Waals surface area contributed by atoms with Crippen molar-refractivity contribution in [2.75, 3.05) is 16.4 Å². The Morgan fingerprint density at radius 1 is 1.27 bits per heavy atom. The highest BCUT2D eigenvalue weighted by Gasteiger charge is 2.49. The molecule has 2 aliphatic heterocycles. The molecule has 2 aliphatic rings. The van der Waals surface area contributed by atoms with E-state index in [4.69, 9.17) is 0 Å². The fourth-order valence-corrected chi connectivity index (χ4v) is 6.60. The van der Waals surface area contributed by atoms with Crippen LogP contribution >= 0.6 is 11.8 Å². The number of aliphatic imine (C=N–C) groups is 1. The molecule has 1 aromatic rings. The van der Waals surface area contributed by atoms with Crippen molar-refractivity contribution in [3.05, 3.63) is 30.3 Å². The molecule has 2 fully saturated rings. The molecule has 5 nitrogen and oxygen atoms in total. The van der Waals surface area contributed by atoms with Crippen LogP contribution < -0.4 is 4.90 Å². The monoisotopic (exact) mass is 338 g/mol. The zero-order valence-electron chi connectivity index (χ0n) is 12.5. The molecule has 0 saturated carbocycles. The number of amidine groups is 1. The van der Waals surface area contributed by atoms with Gasteiger partial charge in [-0.3, -0.25) is 4.79 Å². The topological polar surface area (TPSA) is 66.8 Å². The van der Waals surface area contributed by atoms with Crippen molar-refractivity contribution in [3.8, 4) is 0 Å². The highest BCUT2D eigenvalue weighted by molar-refractivity contribution is 8.16. The second kappa shape index (κ2) is 5.70. The van der Waals surface area contributed by atoms with Gasteiger partial charge in [0, 0.05) is 16.9 Å². The van der Waals surface area contributed by atoms with E-state index in [0.29, 0.717) is 5.17 Å². The van der Waals surface area contributed by atoms with Crippen LogP contribution in [0.15, 0.2) is 35.3 Å². The minimum atomic E-state index is -3.02. The molecule has 1 amide bonds. The molecule has 0 unspecified atom stereocenters. The van der Waals surface area contributed by atoms with Gasteiger partial charge < -0.3 is 4.90 Å². The van der Waals surface area contributed by atoms with Crippen LogP contribution in [0.25, 0.3) is 0 Å². The maximum absolute atomic E-state index is 12.0. The van der Waals surface area contributed by atoms with Crippen molar-refractivity contribution < 1.29 is 13.2 Å². The van der Waals surface area contributed by atoms with Crippen molar-refractivity contribution in [3.63, 3.8) is 0 Å². The molecule has 7 heteroatoms. The van der Waals surface area contributed by atoms with Gasteiger partial charge in [-0.1, -0.05) is 43.8 Å². The molecule has 0 radical (unpaired) electrons. The summed E-state index contributed by atoms with van der Waals surface area (Å²) >= 11 is 1.41. The molecule has 3 rings (SSSR count). The zero-order valence-corrected chi connectivity index (χ0v) is 14.1. The smallest absolute Gasteiger partial charge is 0.250 e. The van der Waals surface area contributed by atoms with E-state index in [1.165, 1.54) is 11.8 Å². The first-order valence-electron chi connectivity index (χ1n) is 7.21. The van der Waals surface area contributed by atoms with Crippen molar-refractivity contribution in [2.24, 2.45) is 10.9 Å². The Hall–Kier alpha value is -1.34. The Morgan fingerprint density at radius 2 is 1.95 bits per heavy atom. The normalized spacial score (nSPS) is 28.3. The van der Waals surface area contributed by atoms with Crippen LogP contribution in [0.2, 0.25) is 0 Å². The van der Waals surface area contributed by atoms with Crippen LogP contribution in [0.4, 0.5) is 5.69 Å². The number of amides is 1. The number of carbonyl (C=O) groups is 1. The van der Waals surface area contributed by atoms with Crippen LogP contribution in [-0.4, -0.2) is 42.3 Å². The van der Waals surface area contributed by atoms with E-state index >= 15 is 0 Å². The first kappa shape index (κ1) is 15.6. The van der Waals surface area contributed by atoms with Crippen LogP contribution in [0.1, 0.15) is 13.8 Å². The molecule has 2 heterocycles. The number of fused-ring (bicyclic) bond motifs is 1. The molecule has 22 heavy (non-hydrogen) atoms. The Labute approximate surface area is 134 Å². The minimum Gasteiger partial charge on any atom is -0.316 e. The first-order chi connectivity index (χ1) is 10.4. The number of carbonyl (C=O) groups excluding carboxylic acids is 1. The molecular weight excluding hydrogens is 320 g/mol. The van der Waals surface area contributed by atoms with E-state index in [1.807, 2.05) is 49.1 Å². The van der Waals surface area contributed by atoms with Crippen molar-refractivity contribution in [1.29, 1.82) is 0 Å². The van der Waals surface area contributed by atoms with Crippen LogP contribution in [-0.2, 0) is 14.6 Å². The fraction of sp³-hybridized carbons (Fsp3) is 0.467. The van der Waals surface area contributed by atoms with E-state index in [0.717, 1.165) is 5.69 Å². The van der Waals surface area contributed by atoms with Crippen molar-refractivity contribution in [2.45, 2.75) is 25.1 Å². The Morgan fingerprint density at radius 3 is 2.59 bits per heavy atom. The SMILES string of the molecule is CC(C)C(=O)N=C1S[C@@H]2CS(=O)(=O)C[C@H]2N1c1ccccc1. The van der Waals surface area contributed by atoms with Crippen molar-refractivity contribution >= 4 is 38.4 Å². The molecule has 2 saturated heterocycles. The van der Waals surface area contributed by atoms with E-state index in [1.54, 1.807) is 0 Å². The predicted octanol–water partition coefficient (Wildman–Crippen LogP) is 1.94. The number of hydrogen-bond acceptors (Lipinski definition) is 4. The van der Waals surface area contributed by atoms with E-state index < -0.39 is 9.84 Å². The van der Waals surface area contributed by atoms with Crippen LogP contribution in [0.3, 0.4) is 0 Å². The van der Waals surface area contributed by atoms with Gasteiger partial charge in [0.1, 0.15) is 0 Å². The third kappa shape index (κ3) is 2.92. The largest absolute Gasteiger partial charge is 0.316 e. The van der Waals surface area contributed by atoms with E-state index in [-0.39, 0.29) is 34.6 Å². The van der Waals surface area contributed by atoms with Gasteiger partial charge >= 0.3 is 0 Å². The molecule has 0 aliphatic carbocycles. The second-order valence-electron chi connectivity index (χ2n) is 5.89. The molecule has 0 bridgehead atoms. The zero-order chi connectivity index (χ0) is 15.9. The third-order valence-electron chi connectivity index (χ3n) is 3.80. The summed E-state index contributed by atoms with van der Waals surface area (Å²) in [6, 6.07) is 9.41. The summed E-state index contributed by atoms with van der Waals surface area (Å²) in [6.45, 7) is 3.62. The standard InChI is InChI=1S/C15H18N2O3S2/c1-10(2)14(18)16-15-17(11-6-4-3-5-7-11)12-8-22(19,20)9-13(12)21-15/h3-7,10,12-13H,8-9H2,1-2H3/t12-,13-/m1/s1. The predicted molar refractivity (Wildman–Crippen MR) is 90.0 cm³/mol. The maximum atomic E-state index is 12.0. The average Bonchev–Trinajstić information content (AvgIpc) is 2.90. The Balaban J connectivity index is 2.00. The molecule has 2 atom stereocenters. The molecular formula is C15H18N2O3S2. The van der Waals surface area contributed by atoms with Gasteiger partial charge in [0.2, 0.25) is 0 Å². The summed E-state index contributed by atoms with van der Waals surface area (Å²) < 4.78 is 23.8. The van der Waals surface area contributed by atoms with Gasteiger partial charge in [0.15, 0.2) is 15.0 Å². The van der Waals surface area contributed by atoms with Gasteiger partial charge in [-0.2, -0.15) is 4.99 Å². The minimum absolute atomic E-state index is 0.0519. The molecule has 0 N–H and O–H groups in total. The third-order valence-corrected chi connectivity index (χ3v) is 7.01. The Kier molecular flexibility index (Phi) is 4.03. The number of hydrogen-bond donors (Lipinski definition) is 0. The summed E-state index contributed by atoms with van der Waals surface area (Å²) in [5.74, 6) is -0.0733. The van der Waals surface area contributed by atoms with Gasteiger partial charge in [0.25, 0.3) is 5.91 Å². The number of rotatable bonds is 2. The second-order valence-corrected chi connectivity index (χ2v) is 9.25.